The number of thioether (sulfide) groups is 1. The van der Waals surface area contributed by atoms with E-state index in [0.29, 0.717) is 28.8 Å². The van der Waals surface area contributed by atoms with Gasteiger partial charge >= 0.3 is 0 Å². The third-order valence-electron chi connectivity index (χ3n) is 4.73. The predicted octanol–water partition coefficient (Wildman–Crippen LogP) is 6.46. The van der Waals surface area contributed by atoms with E-state index >= 15 is 0 Å². The molecule has 0 spiro atoms. The molecule has 1 saturated heterocycles. The van der Waals surface area contributed by atoms with Crippen LogP contribution in [0.5, 0.6) is 5.75 Å². The largest absolute Gasteiger partial charge is 0.489 e. The van der Waals surface area contributed by atoms with Crippen molar-refractivity contribution in [1.82, 2.24) is 4.90 Å². The van der Waals surface area contributed by atoms with Crippen LogP contribution in [0.25, 0.3) is 0 Å². The number of carbonyl (C=O) groups is 1. The zero-order valence-corrected chi connectivity index (χ0v) is 17.9. The van der Waals surface area contributed by atoms with Crippen LogP contribution in [0.1, 0.15) is 26.9 Å². The summed E-state index contributed by atoms with van der Waals surface area (Å²) in [7, 11) is 0. The highest BCUT2D eigenvalue weighted by molar-refractivity contribution is 7.99. The molecule has 0 aliphatic carbocycles. The highest BCUT2D eigenvalue weighted by Gasteiger charge is 2.32. The van der Waals surface area contributed by atoms with Crippen LogP contribution >= 0.6 is 35.0 Å². The Morgan fingerprint density at radius 2 is 1.79 bits per heavy atom. The molecule has 0 bridgehead atoms. The first kappa shape index (κ1) is 20.1. The average molecular weight is 444 g/mol. The smallest absolute Gasteiger partial charge is 0.256 e. The van der Waals surface area contributed by atoms with Crippen molar-refractivity contribution < 1.29 is 9.53 Å². The molecule has 0 saturated carbocycles. The average Bonchev–Trinajstić information content (AvgIpc) is 3.23. The number of benzene rings is 3. The Bertz CT molecular complexity index is 996. The summed E-state index contributed by atoms with van der Waals surface area (Å²) in [5.41, 5.74) is 2.67. The first-order valence-corrected chi connectivity index (χ1v) is 11.1. The van der Waals surface area contributed by atoms with Gasteiger partial charge in [-0.1, -0.05) is 65.7 Å². The summed E-state index contributed by atoms with van der Waals surface area (Å²) in [4.78, 5) is 14.9. The van der Waals surface area contributed by atoms with Crippen molar-refractivity contribution in [2.45, 2.75) is 12.0 Å². The Morgan fingerprint density at radius 1 is 1.03 bits per heavy atom. The van der Waals surface area contributed by atoms with Crippen LogP contribution in [0.2, 0.25) is 10.0 Å². The lowest BCUT2D eigenvalue weighted by Gasteiger charge is -2.25. The van der Waals surface area contributed by atoms with Gasteiger partial charge < -0.3 is 9.64 Å². The van der Waals surface area contributed by atoms with Crippen LogP contribution in [0.3, 0.4) is 0 Å². The van der Waals surface area contributed by atoms with Crippen molar-refractivity contribution in [3.63, 3.8) is 0 Å². The molecule has 0 unspecified atom stereocenters. The van der Waals surface area contributed by atoms with Gasteiger partial charge in [-0.15, -0.1) is 11.8 Å². The lowest BCUT2D eigenvalue weighted by molar-refractivity contribution is 0.0760. The third kappa shape index (κ3) is 4.72. The fraction of sp³-hybridized carbons (Fsp3) is 0.174. The molecule has 4 rings (SSSR count). The molecule has 0 N–H and O–H groups in total. The van der Waals surface area contributed by atoms with E-state index in [1.807, 2.05) is 59.5 Å². The van der Waals surface area contributed by atoms with E-state index in [-0.39, 0.29) is 11.3 Å². The summed E-state index contributed by atoms with van der Waals surface area (Å²) >= 11 is 14.0. The molecule has 3 nitrogen and oxygen atoms in total. The Kier molecular flexibility index (Phi) is 6.34. The molecule has 1 amide bonds. The second-order valence-electron chi connectivity index (χ2n) is 6.69. The normalized spacial score (nSPS) is 16.1. The fourth-order valence-electron chi connectivity index (χ4n) is 3.24. The van der Waals surface area contributed by atoms with E-state index in [1.165, 1.54) is 0 Å². The van der Waals surface area contributed by atoms with Crippen molar-refractivity contribution in [1.29, 1.82) is 0 Å². The second-order valence-corrected chi connectivity index (χ2v) is 8.72. The number of nitrogens with zero attached hydrogens (tertiary/aromatic N) is 1. The standard InChI is InChI=1S/C23H19Cl2NO2S/c24-18-8-11-20(21(25)14-18)22(27)26-12-13-29-23(26)17-6-9-19(10-7-17)28-15-16-4-2-1-3-5-16/h1-11,14,23H,12-13,15H2/t23-/m0/s1. The predicted molar refractivity (Wildman–Crippen MR) is 120 cm³/mol. The lowest BCUT2D eigenvalue weighted by Crippen LogP contribution is -2.30. The molecule has 29 heavy (non-hydrogen) atoms. The number of ether oxygens (including phenoxy) is 1. The van der Waals surface area contributed by atoms with Gasteiger partial charge in [0.15, 0.2) is 0 Å². The lowest BCUT2D eigenvalue weighted by atomic mass is 10.1. The Labute approximate surface area is 184 Å². The number of amides is 1. The van der Waals surface area contributed by atoms with Crippen molar-refractivity contribution in [2.24, 2.45) is 0 Å². The van der Waals surface area contributed by atoms with Gasteiger partial charge in [0.05, 0.1) is 10.6 Å². The number of halogens is 2. The molecule has 1 aliphatic rings. The number of rotatable bonds is 5. The van der Waals surface area contributed by atoms with Crippen molar-refractivity contribution in [2.75, 3.05) is 12.3 Å². The van der Waals surface area contributed by atoms with Gasteiger partial charge in [0, 0.05) is 17.3 Å². The molecule has 6 heteroatoms. The minimum atomic E-state index is -0.0777. The summed E-state index contributed by atoms with van der Waals surface area (Å²) in [6.45, 7) is 1.21. The van der Waals surface area contributed by atoms with Gasteiger partial charge in [0.1, 0.15) is 17.7 Å². The first-order valence-electron chi connectivity index (χ1n) is 9.26. The molecule has 1 heterocycles. The van der Waals surface area contributed by atoms with Gasteiger partial charge in [-0.2, -0.15) is 0 Å². The van der Waals surface area contributed by atoms with Gasteiger partial charge in [0.2, 0.25) is 0 Å². The molecule has 0 aromatic heterocycles. The molecule has 0 radical (unpaired) electrons. The Hall–Kier alpha value is -2.14. The molecular weight excluding hydrogens is 425 g/mol. The Balaban J connectivity index is 1.46. The van der Waals surface area contributed by atoms with Crippen LogP contribution in [0.15, 0.2) is 72.8 Å². The number of hydrogen-bond donors (Lipinski definition) is 0. The third-order valence-corrected chi connectivity index (χ3v) is 6.54. The molecule has 3 aromatic carbocycles. The molecular formula is C23H19Cl2NO2S. The van der Waals surface area contributed by atoms with Crippen molar-refractivity contribution in [3.05, 3.63) is 99.5 Å². The SMILES string of the molecule is O=C(c1ccc(Cl)cc1Cl)N1CCS[C@H]1c1ccc(OCc2ccccc2)cc1. The first-order chi connectivity index (χ1) is 14.1. The maximum absolute atomic E-state index is 13.0. The molecule has 1 fully saturated rings. The molecule has 148 valence electrons. The summed E-state index contributed by atoms with van der Waals surface area (Å²) in [6.07, 6.45) is 0. The van der Waals surface area contributed by atoms with Crippen LogP contribution in [0, 0.1) is 0 Å². The fourth-order valence-corrected chi connectivity index (χ4v) is 4.99. The zero-order valence-electron chi connectivity index (χ0n) is 15.6. The quantitative estimate of drug-likeness (QED) is 0.452. The van der Waals surface area contributed by atoms with E-state index in [4.69, 9.17) is 27.9 Å². The van der Waals surface area contributed by atoms with E-state index < -0.39 is 0 Å². The van der Waals surface area contributed by atoms with Crippen LogP contribution in [-0.2, 0) is 6.61 Å². The van der Waals surface area contributed by atoms with Crippen LogP contribution in [-0.4, -0.2) is 23.1 Å². The monoisotopic (exact) mass is 443 g/mol. The van der Waals surface area contributed by atoms with Gasteiger partial charge in [-0.25, -0.2) is 0 Å². The van der Waals surface area contributed by atoms with Crippen LogP contribution < -0.4 is 4.74 Å². The topological polar surface area (TPSA) is 29.5 Å². The zero-order chi connectivity index (χ0) is 20.2. The minimum absolute atomic E-state index is 0.0441. The van der Waals surface area contributed by atoms with Crippen molar-refractivity contribution >= 4 is 40.9 Å². The van der Waals surface area contributed by atoms with Gasteiger partial charge in [-0.3, -0.25) is 4.79 Å². The summed E-state index contributed by atoms with van der Waals surface area (Å²) in [5.74, 6) is 1.61. The summed E-state index contributed by atoms with van der Waals surface area (Å²) < 4.78 is 5.86. The maximum atomic E-state index is 13.0. The molecule has 3 aromatic rings. The second kappa shape index (κ2) is 9.12. The van der Waals surface area contributed by atoms with Gasteiger partial charge in [0.25, 0.3) is 5.91 Å². The van der Waals surface area contributed by atoms with Crippen LogP contribution in [0.4, 0.5) is 0 Å². The summed E-state index contributed by atoms with van der Waals surface area (Å²) in [6, 6.07) is 23.0. The maximum Gasteiger partial charge on any atom is 0.256 e. The summed E-state index contributed by atoms with van der Waals surface area (Å²) in [5, 5.41) is 0.852. The number of carbonyl (C=O) groups excluding carboxylic acids is 1. The molecule has 1 aliphatic heterocycles. The van der Waals surface area contributed by atoms with Gasteiger partial charge in [-0.05, 0) is 41.5 Å². The highest BCUT2D eigenvalue weighted by Crippen LogP contribution is 2.40. The highest BCUT2D eigenvalue weighted by atomic mass is 35.5. The van der Waals surface area contributed by atoms with E-state index in [0.717, 1.165) is 22.6 Å². The van der Waals surface area contributed by atoms with E-state index in [2.05, 4.69) is 0 Å². The number of hydrogen-bond acceptors (Lipinski definition) is 3. The van der Waals surface area contributed by atoms with Crippen molar-refractivity contribution in [3.8, 4) is 5.75 Å². The minimum Gasteiger partial charge on any atom is -0.489 e. The molecule has 1 atom stereocenters. The van der Waals surface area contributed by atoms with E-state index in [9.17, 15) is 4.79 Å². The Morgan fingerprint density at radius 3 is 2.52 bits per heavy atom. The van der Waals surface area contributed by atoms with E-state index in [1.54, 1.807) is 30.0 Å².